The Labute approximate surface area is 99.7 Å². The number of hydrogen-bond acceptors (Lipinski definition) is 3. The fourth-order valence-corrected chi connectivity index (χ4v) is 3.00. The molecule has 0 rings (SSSR count). The smallest absolute Gasteiger partial charge is 0.214 e. The van der Waals surface area contributed by atoms with E-state index in [4.69, 9.17) is 5.11 Å². The molecule has 0 aromatic heterocycles. The van der Waals surface area contributed by atoms with Gasteiger partial charge < -0.3 is 5.11 Å². The SMILES string of the molecule is CCCCN(CCCC)S(=O)(=O)CCCO. The number of aliphatic hydroxyl groups is 1. The summed E-state index contributed by atoms with van der Waals surface area (Å²) in [6.07, 6.45) is 4.14. The van der Waals surface area contributed by atoms with E-state index >= 15 is 0 Å². The highest BCUT2D eigenvalue weighted by molar-refractivity contribution is 7.89. The minimum absolute atomic E-state index is 0.0609. The predicted octanol–water partition coefficient (Wildman–Crippen LogP) is 1.60. The van der Waals surface area contributed by atoms with Crippen LogP contribution in [0.15, 0.2) is 0 Å². The summed E-state index contributed by atoms with van der Waals surface area (Å²) in [5.74, 6) is 0.0664. The minimum Gasteiger partial charge on any atom is -0.396 e. The lowest BCUT2D eigenvalue weighted by Gasteiger charge is -2.21. The molecule has 0 aromatic carbocycles. The molecule has 1 N–H and O–H groups in total. The Hall–Kier alpha value is -0.130. The quantitative estimate of drug-likeness (QED) is 0.641. The molecule has 16 heavy (non-hydrogen) atoms. The second-order valence-electron chi connectivity index (χ2n) is 4.00. The van der Waals surface area contributed by atoms with Crippen LogP contribution in [0.2, 0.25) is 0 Å². The summed E-state index contributed by atoms with van der Waals surface area (Å²) < 4.78 is 25.4. The van der Waals surface area contributed by atoms with E-state index in [0.29, 0.717) is 19.5 Å². The zero-order chi connectivity index (χ0) is 12.4. The van der Waals surface area contributed by atoms with Crippen molar-refractivity contribution >= 4 is 10.0 Å². The zero-order valence-corrected chi connectivity index (χ0v) is 11.3. The molecule has 4 nitrogen and oxygen atoms in total. The summed E-state index contributed by atoms with van der Waals surface area (Å²) in [5, 5.41) is 8.68. The van der Waals surface area contributed by atoms with Crippen molar-refractivity contribution in [2.45, 2.75) is 46.0 Å². The number of unbranched alkanes of at least 4 members (excludes halogenated alkanes) is 2. The van der Waals surface area contributed by atoms with Crippen molar-refractivity contribution in [2.75, 3.05) is 25.4 Å². The van der Waals surface area contributed by atoms with Gasteiger partial charge in [0.25, 0.3) is 0 Å². The molecule has 0 heterocycles. The fourth-order valence-electron chi connectivity index (χ4n) is 1.43. The van der Waals surface area contributed by atoms with E-state index in [2.05, 4.69) is 13.8 Å². The van der Waals surface area contributed by atoms with Gasteiger partial charge in [-0.2, -0.15) is 0 Å². The molecule has 0 spiro atoms. The molecular formula is C11H25NO3S. The van der Waals surface area contributed by atoms with E-state index in [-0.39, 0.29) is 12.4 Å². The van der Waals surface area contributed by atoms with Crippen LogP contribution in [0.3, 0.4) is 0 Å². The molecule has 0 atom stereocenters. The van der Waals surface area contributed by atoms with Crippen LogP contribution >= 0.6 is 0 Å². The summed E-state index contributed by atoms with van der Waals surface area (Å²) >= 11 is 0. The topological polar surface area (TPSA) is 57.6 Å². The first-order valence-corrected chi connectivity index (χ1v) is 7.78. The Morgan fingerprint density at radius 1 is 1.00 bits per heavy atom. The monoisotopic (exact) mass is 251 g/mol. The third-order valence-electron chi connectivity index (χ3n) is 2.48. The molecule has 0 amide bonds. The molecule has 0 aromatic rings. The molecule has 0 saturated heterocycles. The van der Waals surface area contributed by atoms with E-state index in [0.717, 1.165) is 25.7 Å². The van der Waals surface area contributed by atoms with Crippen molar-refractivity contribution in [2.24, 2.45) is 0 Å². The van der Waals surface area contributed by atoms with Crippen molar-refractivity contribution in [1.82, 2.24) is 4.31 Å². The number of nitrogens with zero attached hydrogens (tertiary/aromatic N) is 1. The first-order chi connectivity index (χ1) is 7.58. The molecule has 0 aliphatic heterocycles. The Bertz CT molecular complexity index is 244. The summed E-state index contributed by atoms with van der Waals surface area (Å²) in [6, 6.07) is 0. The van der Waals surface area contributed by atoms with Crippen molar-refractivity contribution in [3.8, 4) is 0 Å². The Balaban J connectivity index is 4.33. The van der Waals surface area contributed by atoms with Gasteiger partial charge in [-0.3, -0.25) is 0 Å². The van der Waals surface area contributed by atoms with E-state index in [9.17, 15) is 8.42 Å². The largest absolute Gasteiger partial charge is 0.396 e. The van der Waals surface area contributed by atoms with Gasteiger partial charge >= 0.3 is 0 Å². The van der Waals surface area contributed by atoms with Gasteiger partial charge in [-0.15, -0.1) is 0 Å². The second-order valence-corrected chi connectivity index (χ2v) is 6.09. The van der Waals surface area contributed by atoms with Gasteiger partial charge in [0.05, 0.1) is 5.75 Å². The number of hydrogen-bond donors (Lipinski definition) is 1. The standard InChI is InChI=1S/C11H25NO3S/c1-3-5-8-12(9-6-4-2)16(14,15)11-7-10-13/h13H,3-11H2,1-2H3. The van der Waals surface area contributed by atoms with Crippen molar-refractivity contribution < 1.29 is 13.5 Å². The normalized spacial score (nSPS) is 12.2. The highest BCUT2D eigenvalue weighted by atomic mass is 32.2. The first-order valence-electron chi connectivity index (χ1n) is 6.17. The Morgan fingerprint density at radius 2 is 1.50 bits per heavy atom. The summed E-state index contributed by atoms with van der Waals surface area (Å²) in [5.41, 5.74) is 0. The van der Waals surface area contributed by atoms with Crippen molar-refractivity contribution in [3.05, 3.63) is 0 Å². The highest BCUT2D eigenvalue weighted by Gasteiger charge is 2.19. The van der Waals surface area contributed by atoms with Crippen LogP contribution < -0.4 is 0 Å². The van der Waals surface area contributed by atoms with Crippen molar-refractivity contribution in [3.63, 3.8) is 0 Å². The van der Waals surface area contributed by atoms with Crippen molar-refractivity contribution in [1.29, 1.82) is 0 Å². The number of rotatable bonds is 10. The molecular weight excluding hydrogens is 226 g/mol. The van der Waals surface area contributed by atoms with Gasteiger partial charge in [-0.1, -0.05) is 26.7 Å². The second kappa shape index (κ2) is 8.96. The van der Waals surface area contributed by atoms with Crippen LogP contribution in [-0.4, -0.2) is 43.3 Å². The van der Waals surface area contributed by atoms with Crippen LogP contribution in [0, 0.1) is 0 Å². The van der Waals surface area contributed by atoms with Crippen LogP contribution in [0.1, 0.15) is 46.0 Å². The molecule has 0 saturated carbocycles. The van der Waals surface area contributed by atoms with E-state index < -0.39 is 10.0 Å². The molecule has 0 bridgehead atoms. The number of aliphatic hydroxyl groups excluding tert-OH is 1. The average molecular weight is 251 g/mol. The third-order valence-corrected chi connectivity index (χ3v) is 4.43. The summed E-state index contributed by atoms with van der Waals surface area (Å²) in [7, 11) is -3.16. The third kappa shape index (κ3) is 6.45. The molecule has 0 aliphatic carbocycles. The molecule has 5 heteroatoms. The highest BCUT2D eigenvalue weighted by Crippen LogP contribution is 2.07. The van der Waals surface area contributed by atoms with Gasteiger partial charge in [0.15, 0.2) is 0 Å². The maximum Gasteiger partial charge on any atom is 0.214 e. The van der Waals surface area contributed by atoms with Gasteiger partial charge in [-0.25, -0.2) is 12.7 Å². The van der Waals surface area contributed by atoms with E-state index in [1.165, 1.54) is 0 Å². The van der Waals surface area contributed by atoms with Gasteiger partial charge in [0.1, 0.15) is 0 Å². The van der Waals surface area contributed by atoms with Gasteiger partial charge in [-0.05, 0) is 19.3 Å². The Morgan fingerprint density at radius 3 is 1.88 bits per heavy atom. The Kier molecular flexibility index (Phi) is 8.89. The van der Waals surface area contributed by atoms with Gasteiger partial charge in [0, 0.05) is 19.7 Å². The van der Waals surface area contributed by atoms with Crippen LogP contribution in [0.25, 0.3) is 0 Å². The molecule has 0 fully saturated rings. The van der Waals surface area contributed by atoms with Crippen LogP contribution in [-0.2, 0) is 10.0 Å². The molecule has 0 radical (unpaired) electrons. The van der Waals surface area contributed by atoms with Gasteiger partial charge in [0.2, 0.25) is 10.0 Å². The maximum atomic E-state index is 11.9. The van der Waals surface area contributed by atoms with Crippen LogP contribution in [0.4, 0.5) is 0 Å². The fraction of sp³-hybridized carbons (Fsp3) is 1.00. The molecule has 98 valence electrons. The lowest BCUT2D eigenvalue weighted by Crippen LogP contribution is -2.35. The molecule has 0 unspecified atom stereocenters. The zero-order valence-electron chi connectivity index (χ0n) is 10.5. The average Bonchev–Trinajstić information content (AvgIpc) is 2.26. The lowest BCUT2D eigenvalue weighted by atomic mass is 10.3. The van der Waals surface area contributed by atoms with Crippen LogP contribution in [0.5, 0.6) is 0 Å². The summed E-state index contributed by atoms with van der Waals surface area (Å²) in [6.45, 7) is 5.28. The van der Waals surface area contributed by atoms with E-state index in [1.807, 2.05) is 0 Å². The van der Waals surface area contributed by atoms with E-state index in [1.54, 1.807) is 4.31 Å². The number of sulfonamides is 1. The predicted molar refractivity (Wildman–Crippen MR) is 66.9 cm³/mol. The minimum atomic E-state index is -3.16. The lowest BCUT2D eigenvalue weighted by molar-refractivity contribution is 0.293. The molecule has 0 aliphatic rings. The maximum absolute atomic E-state index is 11.9. The summed E-state index contributed by atoms with van der Waals surface area (Å²) in [4.78, 5) is 0. The first kappa shape index (κ1) is 15.9.